The lowest BCUT2D eigenvalue weighted by Gasteiger charge is -2.19. The van der Waals surface area contributed by atoms with Crippen LogP contribution in [-0.2, 0) is 0 Å². The molecule has 1 atom stereocenters. The SMILES string of the molecule is COc1cc2ncc(C)n2cc1C(C)C(F)(F)F. The van der Waals surface area contributed by atoms with Crippen LogP contribution in [0.3, 0.4) is 0 Å². The van der Waals surface area contributed by atoms with Gasteiger partial charge in [-0.1, -0.05) is 0 Å². The summed E-state index contributed by atoms with van der Waals surface area (Å²) in [4.78, 5) is 4.09. The Bertz CT molecular complexity index is 574. The number of hydrogen-bond donors (Lipinski definition) is 0. The second kappa shape index (κ2) is 4.19. The molecular weight excluding hydrogens is 245 g/mol. The van der Waals surface area contributed by atoms with Crippen LogP contribution in [0.4, 0.5) is 13.2 Å². The number of imidazole rings is 1. The molecule has 0 aliphatic heterocycles. The summed E-state index contributed by atoms with van der Waals surface area (Å²) in [6, 6.07) is 1.52. The Hall–Kier alpha value is -1.72. The molecule has 0 spiro atoms. The van der Waals surface area contributed by atoms with Gasteiger partial charge >= 0.3 is 6.18 Å². The molecule has 6 heteroatoms. The average molecular weight is 258 g/mol. The van der Waals surface area contributed by atoms with Crippen LogP contribution in [0, 0.1) is 6.92 Å². The lowest BCUT2D eigenvalue weighted by molar-refractivity contribution is -0.146. The Labute approximate surface area is 102 Å². The molecule has 1 unspecified atom stereocenters. The molecule has 0 fully saturated rings. The zero-order valence-corrected chi connectivity index (χ0v) is 10.2. The number of aromatic nitrogens is 2. The van der Waals surface area contributed by atoms with Crippen LogP contribution < -0.4 is 4.74 Å². The first-order chi connectivity index (χ1) is 8.34. The van der Waals surface area contributed by atoms with Gasteiger partial charge in [-0.15, -0.1) is 0 Å². The van der Waals surface area contributed by atoms with E-state index in [4.69, 9.17) is 4.74 Å². The molecule has 0 bridgehead atoms. The maximum Gasteiger partial charge on any atom is 0.395 e. The third-order valence-electron chi connectivity index (χ3n) is 3.00. The third kappa shape index (κ3) is 2.02. The van der Waals surface area contributed by atoms with Gasteiger partial charge in [-0.2, -0.15) is 13.2 Å². The van der Waals surface area contributed by atoms with Gasteiger partial charge in [-0.3, -0.25) is 0 Å². The van der Waals surface area contributed by atoms with E-state index in [0.29, 0.717) is 5.65 Å². The summed E-state index contributed by atoms with van der Waals surface area (Å²) in [6.45, 7) is 2.91. The number of alkyl halides is 3. The summed E-state index contributed by atoms with van der Waals surface area (Å²) < 4.78 is 45.0. The molecule has 0 amide bonds. The number of aryl methyl sites for hydroxylation is 1. The van der Waals surface area contributed by atoms with Gasteiger partial charge in [0, 0.05) is 29.7 Å². The Balaban J connectivity index is 2.64. The van der Waals surface area contributed by atoms with Gasteiger partial charge in [0.15, 0.2) is 0 Å². The maximum absolute atomic E-state index is 12.8. The average Bonchev–Trinajstić information content (AvgIpc) is 2.67. The van der Waals surface area contributed by atoms with Crippen molar-refractivity contribution in [2.45, 2.75) is 25.9 Å². The molecule has 0 aliphatic carbocycles. The molecule has 2 aromatic heterocycles. The highest BCUT2D eigenvalue weighted by Gasteiger charge is 2.39. The Morgan fingerprint density at radius 3 is 2.61 bits per heavy atom. The van der Waals surface area contributed by atoms with Crippen molar-refractivity contribution < 1.29 is 17.9 Å². The zero-order valence-electron chi connectivity index (χ0n) is 10.2. The van der Waals surface area contributed by atoms with Gasteiger partial charge in [-0.05, 0) is 13.8 Å². The third-order valence-corrected chi connectivity index (χ3v) is 3.00. The van der Waals surface area contributed by atoms with Gasteiger partial charge in [0.1, 0.15) is 11.4 Å². The number of fused-ring (bicyclic) bond motifs is 1. The number of hydrogen-bond acceptors (Lipinski definition) is 2. The first-order valence-corrected chi connectivity index (χ1v) is 5.43. The zero-order chi connectivity index (χ0) is 13.5. The first-order valence-electron chi connectivity index (χ1n) is 5.43. The molecule has 18 heavy (non-hydrogen) atoms. The van der Waals surface area contributed by atoms with E-state index in [-0.39, 0.29) is 11.3 Å². The van der Waals surface area contributed by atoms with Crippen LogP contribution in [0.15, 0.2) is 18.5 Å². The van der Waals surface area contributed by atoms with Crippen molar-refractivity contribution in [2.75, 3.05) is 7.11 Å². The molecular formula is C12H13F3N2O. The molecule has 2 heterocycles. The summed E-state index contributed by atoms with van der Waals surface area (Å²) in [5, 5.41) is 0. The highest BCUT2D eigenvalue weighted by Crippen LogP contribution is 2.39. The molecule has 2 rings (SSSR count). The molecule has 0 saturated heterocycles. The van der Waals surface area contributed by atoms with E-state index in [1.807, 2.05) is 0 Å². The van der Waals surface area contributed by atoms with E-state index >= 15 is 0 Å². The van der Waals surface area contributed by atoms with Crippen molar-refractivity contribution in [1.29, 1.82) is 0 Å². The van der Waals surface area contributed by atoms with Gasteiger partial charge in [0.05, 0.1) is 13.0 Å². The van der Waals surface area contributed by atoms with Crippen LogP contribution in [0.2, 0.25) is 0 Å². The van der Waals surface area contributed by atoms with E-state index in [2.05, 4.69) is 4.98 Å². The van der Waals surface area contributed by atoms with Crippen molar-refractivity contribution in [2.24, 2.45) is 0 Å². The second-order valence-corrected chi connectivity index (χ2v) is 4.19. The highest BCUT2D eigenvalue weighted by molar-refractivity contribution is 5.50. The topological polar surface area (TPSA) is 26.5 Å². The van der Waals surface area contributed by atoms with Gasteiger partial charge < -0.3 is 9.14 Å². The van der Waals surface area contributed by atoms with Gasteiger partial charge in [0.2, 0.25) is 0 Å². The van der Waals surface area contributed by atoms with E-state index in [1.165, 1.54) is 19.4 Å². The minimum atomic E-state index is -4.30. The molecule has 3 nitrogen and oxygen atoms in total. The number of pyridine rings is 1. The molecule has 0 saturated carbocycles. The van der Waals surface area contributed by atoms with Crippen molar-refractivity contribution in [3.05, 3.63) is 29.7 Å². The summed E-state index contributed by atoms with van der Waals surface area (Å²) >= 11 is 0. The minimum absolute atomic E-state index is 0.110. The number of ether oxygens (including phenoxy) is 1. The van der Waals surface area contributed by atoms with Crippen LogP contribution >= 0.6 is 0 Å². The summed E-state index contributed by atoms with van der Waals surface area (Å²) in [7, 11) is 1.36. The molecule has 2 aromatic rings. The van der Waals surface area contributed by atoms with E-state index in [1.54, 1.807) is 17.5 Å². The van der Waals surface area contributed by atoms with E-state index in [0.717, 1.165) is 12.6 Å². The standard InChI is InChI=1S/C12H13F3N2O/c1-7-5-16-11-4-10(18-3)9(6-17(7)11)8(2)12(13,14)15/h4-6,8H,1-3H3. The predicted octanol–water partition coefficient (Wildman–Crippen LogP) is 3.32. The highest BCUT2D eigenvalue weighted by atomic mass is 19.4. The van der Waals surface area contributed by atoms with Gasteiger partial charge in [-0.25, -0.2) is 4.98 Å². The molecule has 0 radical (unpaired) electrons. The molecule has 98 valence electrons. The van der Waals surface area contributed by atoms with Gasteiger partial charge in [0.25, 0.3) is 0 Å². The Morgan fingerprint density at radius 2 is 2.06 bits per heavy atom. The van der Waals surface area contributed by atoms with E-state index in [9.17, 15) is 13.2 Å². The fourth-order valence-electron chi connectivity index (χ4n) is 1.82. The maximum atomic E-state index is 12.8. The largest absolute Gasteiger partial charge is 0.496 e. The fourth-order valence-corrected chi connectivity index (χ4v) is 1.82. The normalized spacial score (nSPS) is 13.9. The van der Waals surface area contributed by atoms with Crippen molar-refractivity contribution in [3.63, 3.8) is 0 Å². The fraction of sp³-hybridized carbons (Fsp3) is 0.417. The minimum Gasteiger partial charge on any atom is -0.496 e. The number of halogens is 3. The van der Waals surface area contributed by atoms with Crippen molar-refractivity contribution in [1.82, 2.24) is 9.38 Å². The van der Waals surface area contributed by atoms with E-state index < -0.39 is 12.1 Å². The monoisotopic (exact) mass is 258 g/mol. The van der Waals surface area contributed by atoms with Crippen LogP contribution in [0.25, 0.3) is 5.65 Å². The van der Waals surface area contributed by atoms with Crippen LogP contribution in [0.5, 0.6) is 5.75 Å². The quantitative estimate of drug-likeness (QED) is 0.826. The smallest absolute Gasteiger partial charge is 0.395 e. The number of nitrogens with zero attached hydrogens (tertiary/aromatic N) is 2. The molecule has 0 aromatic carbocycles. The van der Waals surface area contributed by atoms with Crippen molar-refractivity contribution >= 4 is 5.65 Å². The lowest BCUT2D eigenvalue weighted by Crippen LogP contribution is -2.19. The summed E-state index contributed by atoms with van der Waals surface area (Å²) in [6.07, 6.45) is -1.25. The lowest BCUT2D eigenvalue weighted by atomic mass is 10.0. The summed E-state index contributed by atoms with van der Waals surface area (Å²) in [5.41, 5.74) is 1.46. The Morgan fingerprint density at radius 1 is 1.39 bits per heavy atom. The molecule has 0 N–H and O–H groups in total. The number of methoxy groups -OCH3 is 1. The van der Waals surface area contributed by atoms with Crippen molar-refractivity contribution in [3.8, 4) is 5.75 Å². The predicted molar refractivity (Wildman–Crippen MR) is 61.0 cm³/mol. The first kappa shape index (κ1) is 12.7. The number of rotatable bonds is 2. The summed E-state index contributed by atoms with van der Waals surface area (Å²) in [5.74, 6) is -1.38. The Kier molecular flexibility index (Phi) is 2.96. The van der Waals surface area contributed by atoms with Crippen LogP contribution in [0.1, 0.15) is 24.1 Å². The van der Waals surface area contributed by atoms with Crippen LogP contribution in [-0.4, -0.2) is 22.7 Å². The second-order valence-electron chi connectivity index (χ2n) is 4.19. The molecule has 0 aliphatic rings.